The monoisotopic (exact) mass is 475 g/mol. The minimum absolute atomic E-state index is 0.0729. The minimum atomic E-state index is -0.946. The van der Waals surface area contributed by atoms with Gasteiger partial charge in [-0.3, -0.25) is 20.0 Å². The third kappa shape index (κ3) is 4.01. The van der Waals surface area contributed by atoms with E-state index >= 15 is 0 Å². The van der Waals surface area contributed by atoms with Crippen LogP contribution in [-0.4, -0.2) is 62.9 Å². The molecule has 10 nitrogen and oxygen atoms in total. The van der Waals surface area contributed by atoms with Gasteiger partial charge in [-0.05, 0) is 35.1 Å². The zero-order chi connectivity index (χ0) is 24.6. The Labute approximate surface area is 201 Å². The highest BCUT2D eigenvalue weighted by Gasteiger charge is 2.45. The minimum Gasteiger partial charge on any atom is -0.481 e. The van der Waals surface area contributed by atoms with Crippen molar-refractivity contribution in [2.24, 2.45) is 5.41 Å². The number of ether oxygens (including phenoxy) is 1. The Hall–Kier alpha value is -4.21. The predicted octanol–water partition coefficient (Wildman–Crippen LogP) is 3.49. The van der Waals surface area contributed by atoms with Crippen LogP contribution in [0.2, 0.25) is 0 Å². The molecule has 2 aromatic carbocycles. The number of carboxylic acid groups (broad SMARTS) is 1. The van der Waals surface area contributed by atoms with Crippen molar-refractivity contribution < 1.29 is 24.2 Å². The van der Waals surface area contributed by atoms with Gasteiger partial charge in [0.15, 0.2) is 0 Å². The Morgan fingerprint density at radius 3 is 2.40 bits per heavy atom. The number of anilines is 1. The number of benzene rings is 2. The van der Waals surface area contributed by atoms with Gasteiger partial charge in [0, 0.05) is 19.0 Å². The fourth-order valence-electron chi connectivity index (χ4n) is 4.95. The molecule has 35 heavy (non-hydrogen) atoms. The Kier molecular flexibility index (Phi) is 5.72. The second-order valence-electron chi connectivity index (χ2n) is 8.87. The van der Waals surface area contributed by atoms with Gasteiger partial charge in [-0.15, -0.1) is 5.10 Å². The summed E-state index contributed by atoms with van der Waals surface area (Å²) in [7, 11) is 0. The van der Waals surface area contributed by atoms with Crippen LogP contribution in [0.5, 0.6) is 0 Å². The van der Waals surface area contributed by atoms with Crippen molar-refractivity contribution in [2.45, 2.75) is 25.7 Å². The summed E-state index contributed by atoms with van der Waals surface area (Å²) in [6, 6.07) is 16.1. The molecule has 2 heterocycles. The molecule has 1 saturated heterocycles. The number of nitrogens with zero attached hydrogens (tertiary/aromatic N) is 3. The molecule has 0 radical (unpaired) electrons. The number of aliphatic carboxylic acids is 1. The molecule has 3 N–H and O–H groups in total. The molecule has 1 atom stereocenters. The van der Waals surface area contributed by atoms with E-state index in [0.29, 0.717) is 19.4 Å². The van der Waals surface area contributed by atoms with Gasteiger partial charge in [0.2, 0.25) is 5.82 Å². The largest absolute Gasteiger partial charge is 0.481 e. The molecule has 2 aliphatic rings. The van der Waals surface area contributed by atoms with Crippen molar-refractivity contribution in [3.05, 3.63) is 65.5 Å². The molecule has 2 amide bonds. The molecule has 1 aliphatic carbocycles. The smallest absolute Gasteiger partial charge is 0.414 e. The quantitative estimate of drug-likeness (QED) is 0.496. The number of nitrogens with one attached hydrogen (secondary N) is 2. The number of fused-ring (bicyclic) bond motifs is 3. The predicted molar refractivity (Wildman–Crippen MR) is 126 cm³/mol. The number of hydrogen-bond acceptors (Lipinski definition) is 6. The van der Waals surface area contributed by atoms with Crippen molar-refractivity contribution in [2.75, 3.05) is 25.0 Å². The van der Waals surface area contributed by atoms with Gasteiger partial charge in [-0.25, -0.2) is 4.79 Å². The maximum atomic E-state index is 12.8. The van der Waals surface area contributed by atoms with Crippen LogP contribution in [0.4, 0.5) is 10.7 Å². The summed E-state index contributed by atoms with van der Waals surface area (Å²) < 4.78 is 5.48. The zero-order valence-electron chi connectivity index (χ0n) is 19.2. The van der Waals surface area contributed by atoms with E-state index in [-0.39, 0.29) is 30.8 Å². The van der Waals surface area contributed by atoms with Crippen LogP contribution in [-0.2, 0) is 9.53 Å². The van der Waals surface area contributed by atoms with E-state index in [4.69, 9.17) is 4.74 Å². The molecule has 5 rings (SSSR count). The third-order valence-electron chi connectivity index (χ3n) is 7.02. The molecule has 3 aromatic rings. The van der Waals surface area contributed by atoms with Crippen molar-refractivity contribution in [1.82, 2.24) is 20.1 Å². The van der Waals surface area contributed by atoms with E-state index in [1.54, 1.807) is 6.92 Å². The standard InChI is InChI=1S/C25H25N5O5/c1-2-25(22(32)33)11-12-30(14-25)21(31)20-26-23(29-28-20)27-24(34)35-13-19-17-9-5-3-7-15(17)16-8-4-6-10-18(16)19/h3-10,19H,2,11-14H2,1H3,(H,32,33)(H2,26,27,28,29,34). The molecule has 0 saturated carbocycles. The number of aromatic amines is 1. The second-order valence-corrected chi connectivity index (χ2v) is 8.87. The normalized spacial score (nSPS) is 18.7. The summed E-state index contributed by atoms with van der Waals surface area (Å²) in [5.74, 6) is -1.62. The maximum absolute atomic E-state index is 12.8. The Morgan fingerprint density at radius 1 is 1.14 bits per heavy atom. The molecular weight excluding hydrogens is 450 g/mol. The molecule has 10 heteroatoms. The first-order chi connectivity index (χ1) is 16.9. The Balaban J connectivity index is 1.21. The third-order valence-corrected chi connectivity index (χ3v) is 7.02. The first kappa shape index (κ1) is 22.6. The van der Waals surface area contributed by atoms with Gasteiger partial charge < -0.3 is 14.7 Å². The molecule has 0 spiro atoms. The lowest BCUT2D eigenvalue weighted by atomic mass is 9.84. The van der Waals surface area contributed by atoms with Crippen molar-refractivity contribution in [1.29, 1.82) is 0 Å². The number of carboxylic acids is 1. The van der Waals surface area contributed by atoms with Crippen LogP contribution in [0.3, 0.4) is 0 Å². The van der Waals surface area contributed by atoms with Crippen molar-refractivity contribution >= 4 is 23.9 Å². The van der Waals surface area contributed by atoms with E-state index in [2.05, 4.69) is 32.6 Å². The van der Waals surface area contributed by atoms with Crippen LogP contribution in [0.25, 0.3) is 11.1 Å². The van der Waals surface area contributed by atoms with E-state index in [1.165, 1.54) is 4.90 Å². The Bertz CT molecular complexity index is 1260. The number of rotatable bonds is 6. The fourth-order valence-corrected chi connectivity index (χ4v) is 4.95. The zero-order valence-corrected chi connectivity index (χ0v) is 19.2. The highest BCUT2D eigenvalue weighted by molar-refractivity contribution is 5.92. The average Bonchev–Trinajstić information content (AvgIpc) is 3.59. The lowest BCUT2D eigenvalue weighted by Gasteiger charge is -2.22. The number of carbonyl (C=O) groups is 3. The average molecular weight is 476 g/mol. The van der Waals surface area contributed by atoms with Gasteiger partial charge in [0.25, 0.3) is 11.9 Å². The molecule has 1 aliphatic heterocycles. The van der Waals surface area contributed by atoms with Gasteiger partial charge >= 0.3 is 12.1 Å². The Morgan fingerprint density at radius 2 is 1.80 bits per heavy atom. The lowest BCUT2D eigenvalue weighted by Crippen LogP contribution is -2.36. The molecule has 0 bridgehead atoms. The SMILES string of the molecule is CCC1(C(=O)O)CCN(C(=O)c2nc(NC(=O)OCC3c4ccccc4-c4ccccc43)n[nH]2)C1. The number of likely N-dealkylation sites (tertiary alicyclic amines) is 1. The number of aromatic nitrogens is 3. The summed E-state index contributed by atoms with van der Waals surface area (Å²) in [5.41, 5.74) is 3.51. The molecule has 1 unspecified atom stereocenters. The van der Waals surface area contributed by atoms with Gasteiger partial charge in [0.05, 0.1) is 5.41 Å². The molecule has 1 aromatic heterocycles. The van der Waals surface area contributed by atoms with Crippen LogP contribution >= 0.6 is 0 Å². The maximum Gasteiger partial charge on any atom is 0.414 e. The number of H-pyrrole nitrogens is 1. The van der Waals surface area contributed by atoms with Gasteiger partial charge in [-0.1, -0.05) is 55.5 Å². The molecule has 180 valence electrons. The van der Waals surface area contributed by atoms with Crippen LogP contribution in [0.1, 0.15) is 47.4 Å². The summed E-state index contributed by atoms with van der Waals surface area (Å²) in [6.07, 6.45) is 0.0719. The topological polar surface area (TPSA) is 138 Å². The first-order valence-corrected chi connectivity index (χ1v) is 11.5. The van der Waals surface area contributed by atoms with Crippen LogP contribution in [0.15, 0.2) is 48.5 Å². The van der Waals surface area contributed by atoms with Crippen LogP contribution < -0.4 is 5.32 Å². The number of carbonyl (C=O) groups excluding carboxylic acids is 2. The van der Waals surface area contributed by atoms with E-state index in [0.717, 1.165) is 22.3 Å². The summed E-state index contributed by atoms with van der Waals surface area (Å²) in [5, 5.41) is 18.4. The summed E-state index contributed by atoms with van der Waals surface area (Å²) in [6.45, 7) is 2.35. The van der Waals surface area contributed by atoms with Crippen molar-refractivity contribution in [3.63, 3.8) is 0 Å². The highest BCUT2D eigenvalue weighted by atomic mass is 16.5. The first-order valence-electron chi connectivity index (χ1n) is 11.5. The molecular formula is C25H25N5O5. The van der Waals surface area contributed by atoms with E-state index in [9.17, 15) is 19.5 Å². The van der Waals surface area contributed by atoms with Gasteiger partial charge in [0.1, 0.15) is 6.61 Å². The van der Waals surface area contributed by atoms with Crippen molar-refractivity contribution in [3.8, 4) is 11.1 Å². The lowest BCUT2D eigenvalue weighted by molar-refractivity contribution is -0.148. The number of amides is 2. The van der Waals surface area contributed by atoms with E-state index in [1.807, 2.05) is 36.4 Å². The summed E-state index contributed by atoms with van der Waals surface area (Å²) in [4.78, 5) is 42.3. The van der Waals surface area contributed by atoms with Gasteiger partial charge in [-0.2, -0.15) is 4.98 Å². The fraction of sp³-hybridized carbons (Fsp3) is 0.320. The number of hydrogen-bond donors (Lipinski definition) is 3. The molecule has 1 fully saturated rings. The van der Waals surface area contributed by atoms with E-state index < -0.39 is 23.4 Å². The summed E-state index contributed by atoms with van der Waals surface area (Å²) >= 11 is 0. The highest BCUT2D eigenvalue weighted by Crippen LogP contribution is 2.44. The van der Waals surface area contributed by atoms with Crippen LogP contribution in [0, 0.1) is 5.41 Å². The second kappa shape index (κ2) is 8.86.